The molecule has 1 amide bonds. The maximum Gasteiger partial charge on any atom is 0.303 e. The summed E-state index contributed by atoms with van der Waals surface area (Å²) in [5.74, 6) is -0.266. The van der Waals surface area contributed by atoms with Crippen molar-refractivity contribution in [3.05, 3.63) is 75.4 Å². The number of carbonyl (C=O) groups excluding carboxylic acids is 3. The molecule has 320 valence electrons. The maximum absolute atomic E-state index is 13.7. The van der Waals surface area contributed by atoms with Gasteiger partial charge >= 0.3 is 11.9 Å². The lowest BCUT2D eigenvalue weighted by atomic mass is 9.92. The highest BCUT2D eigenvalue weighted by Crippen LogP contribution is 2.39. The summed E-state index contributed by atoms with van der Waals surface area (Å²) in [4.78, 5) is 57.2. The monoisotopic (exact) mass is 835 g/mol. The summed E-state index contributed by atoms with van der Waals surface area (Å²) in [5.41, 5.74) is 16.1. The number of ether oxygens (including phenoxy) is 3. The van der Waals surface area contributed by atoms with Crippen molar-refractivity contribution in [2.75, 3.05) is 19.3 Å². The molecule has 5 atom stereocenters. The molecule has 0 unspecified atom stereocenters. The Morgan fingerprint density at radius 2 is 1.57 bits per heavy atom. The zero-order valence-corrected chi connectivity index (χ0v) is 37.9. The zero-order valence-electron chi connectivity index (χ0n) is 37.1. The van der Waals surface area contributed by atoms with Crippen LogP contribution in [0.25, 0.3) is 50.9 Å². The van der Waals surface area contributed by atoms with Crippen LogP contribution in [0.1, 0.15) is 125 Å². The molecule has 6 rings (SSSR count). The van der Waals surface area contributed by atoms with Crippen molar-refractivity contribution in [3.63, 3.8) is 0 Å². The van der Waals surface area contributed by atoms with E-state index in [-0.39, 0.29) is 17.3 Å². The Morgan fingerprint density at radius 1 is 0.900 bits per heavy atom. The van der Waals surface area contributed by atoms with Gasteiger partial charge in [0.15, 0.2) is 6.10 Å². The van der Waals surface area contributed by atoms with Crippen molar-refractivity contribution in [3.8, 4) is 0 Å². The molecule has 1 saturated heterocycles. The summed E-state index contributed by atoms with van der Waals surface area (Å²) >= 11 is 1.64. The molecule has 3 aromatic rings. The molecule has 1 fully saturated rings. The Morgan fingerprint density at radius 3 is 2.23 bits per heavy atom. The molecule has 3 aromatic heterocycles. The predicted octanol–water partition coefficient (Wildman–Crippen LogP) is 9.93. The maximum atomic E-state index is 13.7. The summed E-state index contributed by atoms with van der Waals surface area (Å²) in [6, 6.07) is 6.44. The van der Waals surface area contributed by atoms with E-state index in [1.165, 1.54) is 25.0 Å². The number of allylic oxidation sites excluding steroid dienone is 3. The number of nitrogens with one attached hydrogen (secondary N) is 2. The van der Waals surface area contributed by atoms with Gasteiger partial charge in [-0.1, -0.05) is 33.4 Å². The van der Waals surface area contributed by atoms with Crippen molar-refractivity contribution in [1.29, 1.82) is 0 Å². The van der Waals surface area contributed by atoms with Crippen LogP contribution in [0.15, 0.2) is 24.8 Å². The van der Waals surface area contributed by atoms with Crippen LogP contribution < -0.4 is 0 Å². The molecule has 60 heavy (non-hydrogen) atoms. The number of aryl methyl sites for hydroxylation is 3. The third-order valence-electron chi connectivity index (χ3n) is 12.2. The van der Waals surface area contributed by atoms with Crippen LogP contribution in [0, 0.1) is 26.7 Å². The number of hydrogen-bond acceptors (Lipinski definition) is 9. The minimum absolute atomic E-state index is 0.0583. The van der Waals surface area contributed by atoms with Crippen LogP contribution in [-0.4, -0.2) is 85.8 Å². The molecule has 2 N–H and O–H groups in total. The van der Waals surface area contributed by atoms with Gasteiger partial charge in [-0.25, -0.2) is 9.97 Å². The minimum atomic E-state index is -0.661. The first-order chi connectivity index (χ1) is 28.6. The molecule has 8 bridgehead atoms. The van der Waals surface area contributed by atoms with Crippen molar-refractivity contribution in [2.24, 2.45) is 5.92 Å². The quantitative estimate of drug-likeness (QED) is 0.127. The lowest BCUT2D eigenvalue weighted by Gasteiger charge is -2.44. The van der Waals surface area contributed by atoms with Crippen LogP contribution in [0.5, 0.6) is 0 Å². The number of amides is 1. The number of hydrogen-bond donors (Lipinski definition) is 2. The van der Waals surface area contributed by atoms with E-state index in [1.54, 1.807) is 16.7 Å². The fourth-order valence-corrected chi connectivity index (χ4v) is 9.86. The third kappa shape index (κ3) is 9.19. The molecule has 0 radical (unpaired) electrons. The highest BCUT2D eigenvalue weighted by atomic mass is 32.2. The van der Waals surface area contributed by atoms with Gasteiger partial charge in [0.2, 0.25) is 5.91 Å². The lowest BCUT2D eigenvalue weighted by molar-refractivity contribution is -0.210. The molecule has 12 heteroatoms. The number of fused-ring (bicyclic) bond motifs is 8. The fourth-order valence-electron chi connectivity index (χ4n) is 8.65. The number of rotatable bonds is 13. The molecule has 0 spiro atoms. The number of aromatic nitrogens is 4. The van der Waals surface area contributed by atoms with Crippen molar-refractivity contribution in [1.82, 2.24) is 24.8 Å². The molecule has 6 heterocycles. The number of aromatic amines is 2. The van der Waals surface area contributed by atoms with Gasteiger partial charge in [-0.3, -0.25) is 14.4 Å². The van der Waals surface area contributed by atoms with Gasteiger partial charge in [0.1, 0.15) is 11.5 Å². The smallest absolute Gasteiger partial charge is 0.303 e. The average molecular weight is 836 g/mol. The first-order valence-electron chi connectivity index (χ1n) is 21.2. The first kappa shape index (κ1) is 44.6. The van der Waals surface area contributed by atoms with Crippen LogP contribution in [0.3, 0.4) is 0 Å². The molecule has 11 nitrogen and oxygen atoms in total. The zero-order chi connectivity index (χ0) is 43.6. The summed E-state index contributed by atoms with van der Waals surface area (Å²) in [7, 11) is 1.85. The van der Waals surface area contributed by atoms with E-state index < -0.39 is 30.3 Å². The Hall–Kier alpha value is -4.94. The van der Waals surface area contributed by atoms with Crippen LogP contribution in [0.2, 0.25) is 0 Å². The number of thioether (sulfide) groups is 1. The number of H-pyrrole nitrogens is 2. The van der Waals surface area contributed by atoms with Gasteiger partial charge < -0.3 is 29.1 Å². The van der Waals surface area contributed by atoms with E-state index in [0.717, 1.165) is 96.8 Å². The third-order valence-corrected chi connectivity index (χ3v) is 13.6. The second-order valence-electron chi connectivity index (χ2n) is 16.3. The number of carbonyl (C=O) groups is 3. The molecule has 0 saturated carbocycles. The van der Waals surface area contributed by atoms with E-state index >= 15 is 0 Å². The SMILES string of the molecule is C=Cc1c(C)c2cc3nc(c(C)c4nc(cc5[nH]c(cc1[nH]2)c(C)c5CC)C(C)=C4)C(CCC(=O)N(C)CCCS[C@@H]1O[C@H](CC)[C@@H](OC(C)=O)[C@H](OC(C)=O)[C@H]1C)=C3C. The molecule has 3 aliphatic rings. The highest BCUT2D eigenvalue weighted by molar-refractivity contribution is 7.99. The molecular weight excluding hydrogens is 775 g/mol. The van der Waals surface area contributed by atoms with Gasteiger partial charge in [-0.15, -0.1) is 11.8 Å². The Labute approximate surface area is 358 Å². The largest absolute Gasteiger partial charge is 0.458 e. The minimum Gasteiger partial charge on any atom is -0.458 e. The molecule has 3 aliphatic heterocycles. The van der Waals surface area contributed by atoms with Crippen LogP contribution in [-0.2, 0) is 35.0 Å². The van der Waals surface area contributed by atoms with E-state index in [0.29, 0.717) is 25.8 Å². The van der Waals surface area contributed by atoms with E-state index in [4.69, 9.17) is 24.2 Å². The Kier molecular flexibility index (Phi) is 14.0. The topological polar surface area (TPSA) is 140 Å². The van der Waals surface area contributed by atoms with E-state index in [2.05, 4.69) is 82.4 Å². The van der Waals surface area contributed by atoms with Gasteiger partial charge in [-0.05, 0) is 124 Å². The van der Waals surface area contributed by atoms with E-state index in [9.17, 15) is 14.4 Å². The van der Waals surface area contributed by atoms with Crippen molar-refractivity contribution in [2.45, 2.75) is 125 Å². The highest BCUT2D eigenvalue weighted by Gasteiger charge is 2.47. The fraction of sp³-hybridized carbons (Fsp3) is 0.479. The van der Waals surface area contributed by atoms with Gasteiger partial charge in [0.05, 0.1) is 28.9 Å². The Bertz CT molecular complexity index is 2420. The summed E-state index contributed by atoms with van der Waals surface area (Å²) < 4.78 is 17.6. The summed E-state index contributed by atoms with van der Waals surface area (Å²) in [6.07, 6.45) is 5.50. The average Bonchev–Trinajstić information content (AvgIpc) is 3.91. The normalized spacial score (nSPS) is 20.2. The second kappa shape index (κ2) is 18.8. The van der Waals surface area contributed by atoms with Crippen molar-refractivity contribution >= 4 is 80.5 Å². The molecule has 0 aromatic carbocycles. The van der Waals surface area contributed by atoms with Crippen LogP contribution >= 0.6 is 11.8 Å². The number of esters is 2. The van der Waals surface area contributed by atoms with Crippen LogP contribution in [0.4, 0.5) is 0 Å². The summed E-state index contributed by atoms with van der Waals surface area (Å²) in [5, 5.41) is 0. The van der Waals surface area contributed by atoms with Gasteiger partial charge in [0.25, 0.3) is 0 Å². The first-order valence-corrected chi connectivity index (χ1v) is 22.2. The number of nitrogens with zero attached hydrogens (tertiary/aromatic N) is 3. The summed E-state index contributed by atoms with van der Waals surface area (Å²) in [6.45, 7) is 24.1. The molecular formula is C48H61N5O6S. The van der Waals surface area contributed by atoms with Gasteiger partial charge in [-0.2, -0.15) is 0 Å². The van der Waals surface area contributed by atoms with Crippen molar-refractivity contribution < 1.29 is 28.6 Å². The second-order valence-corrected chi connectivity index (χ2v) is 17.5. The molecule has 0 aliphatic carbocycles. The van der Waals surface area contributed by atoms with Gasteiger partial charge in [0, 0.05) is 73.0 Å². The van der Waals surface area contributed by atoms with E-state index in [1.807, 2.05) is 27.0 Å². The standard InChI is InChI=1S/C48H61N5O6S/c1-13-33-27(6)39-24-42-34(14-2)26(5)38(50-42)23-40-28(7)35(45(52-40)29(8)37-21-25(4)36(49-37)22-41(33)51-39)17-18-44(56)53(12)19-16-20-60-48-30(9)46(57-31(10)54)47(58-32(11)55)43(15-3)59-48/h14,21-24,30,43,46-48,50-51H,2,13,15-20H2,1,3-12H3/t30-,43-,46-,47-,48+/m1/s1. The Balaban J connectivity index is 1.23. The predicted molar refractivity (Wildman–Crippen MR) is 244 cm³/mol. The lowest BCUT2D eigenvalue weighted by Crippen LogP contribution is -2.55.